The third kappa shape index (κ3) is 3.37. The van der Waals surface area contributed by atoms with Gasteiger partial charge in [-0.1, -0.05) is 0 Å². The van der Waals surface area contributed by atoms with E-state index in [1.807, 2.05) is 0 Å². The second-order valence-electron chi connectivity index (χ2n) is 2.55. The molecule has 1 aromatic carbocycles. The van der Waals surface area contributed by atoms with Gasteiger partial charge in [-0.3, -0.25) is 0 Å². The van der Waals surface area contributed by atoms with Gasteiger partial charge in [-0.05, 0) is 12.1 Å². The lowest BCUT2D eigenvalue weighted by Crippen LogP contribution is -2.17. The van der Waals surface area contributed by atoms with Crippen molar-refractivity contribution in [2.75, 3.05) is 0 Å². The molecule has 0 bridgehead atoms. The predicted molar refractivity (Wildman–Crippen MR) is 46.6 cm³/mol. The number of nitrogens with zero attached hydrogens (tertiary/aromatic N) is 1. The minimum atomic E-state index is -4.78. The van der Waals surface area contributed by atoms with Crippen LogP contribution in [0.2, 0.25) is 0 Å². The molecule has 0 radical (unpaired) electrons. The Morgan fingerprint density at radius 2 is 2.07 bits per heavy atom. The molecule has 0 aliphatic rings. The van der Waals surface area contributed by atoms with Crippen molar-refractivity contribution in [1.29, 1.82) is 0 Å². The first kappa shape index (κ1) is 11.2. The van der Waals surface area contributed by atoms with Gasteiger partial charge in [0.2, 0.25) is 0 Å². The lowest BCUT2D eigenvalue weighted by Gasteiger charge is -2.09. The highest BCUT2D eigenvalue weighted by Gasteiger charge is 2.31. The largest absolute Gasteiger partial charge is 0.573 e. The Balaban J connectivity index is 2.92. The minimum absolute atomic E-state index is 0.201. The van der Waals surface area contributed by atoms with Crippen LogP contribution in [-0.2, 0) is 0 Å². The van der Waals surface area contributed by atoms with Gasteiger partial charge in [0.05, 0.1) is 6.21 Å². The van der Waals surface area contributed by atoms with Gasteiger partial charge < -0.3 is 15.7 Å². The van der Waals surface area contributed by atoms with Crippen LogP contribution < -0.4 is 10.6 Å². The third-order valence-corrected chi connectivity index (χ3v) is 1.45. The van der Waals surface area contributed by atoms with Gasteiger partial charge in [0, 0.05) is 11.6 Å². The summed E-state index contributed by atoms with van der Waals surface area (Å²) in [6, 6.07) is 3.07. The molecule has 0 saturated carbocycles. The number of ether oxygens (including phenoxy) is 1. The first-order valence-corrected chi connectivity index (χ1v) is 3.74. The van der Waals surface area contributed by atoms with Crippen LogP contribution in [0, 0.1) is 0 Å². The monoisotopic (exact) mass is 220 g/mol. The van der Waals surface area contributed by atoms with Gasteiger partial charge in [0.15, 0.2) is 0 Å². The number of hydrogen-bond donors (Lipinski definition) is 2. The number of nitrogens with two attached hydrogens (primary N) is 1. The van der Waals surface area contributed by atoms with Gasteiger partial charge in [-0.15, -0.1) is 13.2 Å². The van der Waals surface area contributed by atoms with Crippen molar-refractivity contribution in [2.45, 2.75) is 6.36 Å². The van der Waals surface area contributed by atoms with Gasteiger partial charge in [-0.2, -0.15) is 5.10 Å². The number of aromatic hydroxyl groups is 1. The van der Waals surface area contributed by atoms with Gasteiger partial charge >= 0.3 is 6.36 Å². The lowest BCUT2D eigenvalue weighted by molar-refractivity contribution is -0.274. The number of hydrogen-bond acceptors (Lipinski definition) is 4. The molecule has 4 nitrogen and oxygen atoms in total. The number of phenols is 1. The molecule has 0 aliphatic heterocycles. The molecule has 3 N–H and O–H groups in total. The summed E-state index contributed by atoms with van der Waals surface area (Å²) in [5.41, 5.74) is 0.201. The first-order chi connectivity index (χ1) is 6.92. The predicted octanol–water partition coefficient (Wildman–Crippen LogP) is 1.58. The van der Waals surface area contributed by atoms with E-state index in [2.05, 4.69) is 9.84 Å². The Kier molecular flexibility index (Phi) is 3.03. The zero-order chi connectivity index (χ0) is 11.5. The molecule has 82 valence electrons. The third-order valence-electron chi connectivity index (χ3n) is 1.45. The smallest absolute Gasteiger partial charge is 0.507 e. The summed E-state index contributed by atoms with van der Waals surface area (Å²) in [5.74, 6) is 3.91. The standard InChI is InChI=1S/C8H7F3N2O2/c9-8(10,11)15-6-2-1-5(4-13-12)7(14)3-6/h1-4,14H,12H2. The van der Waals surface area contributed by atoms with E-state index in [9.17, 15) is 18.3 Å². The van der Waals surface area contributed by atoms with E-state index in [1.54, 1.807) is 0 Å². The number of alkyl halides is 3. The lowest BCUT2D eigenvalue weighted by atomic mass is 10.2. The average Bonchev–Trinajstić information content (AvgIpc) is 2.07. The molecule has 1 rings (SSSR count). The van der Waals surface area contributed by atoms with Gasteiger partial charge in [-0.25, -0.2) is 0 Å². The maximum absolute atomic E-state index is 11.8. The highest BCUT2D eigenvalue weighted by molar-refractivity contribution is 5.83. The van der Waals surface area contributed by atoms with Crippen LogP contribution in [0.25, 0.3) is 0 Å². The second kappa shape index (κ2) is 4.07. The normalized spacial score (nSPS) is 11.9. The molecule has 0 aliphatic carbocycles. The summed E-state index contributed by atoms with van der Waals surface area (Å²) in [5, 5.41) is 12.3. The van der Waals surface area contributed by atoms with Crippen molar-refractivity contribution < 1.29 is 23.0 Å². The molecule has 1 aromatic rings. The van der Waals surface area contributed by atoms with Crippen molar-refractivity contribution in [3.8, 4) is 11.5 Å². The quantitative estimate of drug-likeness (QED) is 0.451. The van der Waals surface area contributed by atoms with Crippen LogP contribution in [0.5, 0.6) is 11.5 Å². The van der Waals surface area contributed by atoms with E-state index in [0.29, 0.717) is 0 Å². The second-order valence-corrected chi connectivity index (χ2v) is 2.55. The summed E-state index contributed by atoms with van der Waals surface area (Å²) >= 11 is 0. The molecule has 0 fully saturated rings. The number of hydrazone groups is 1. The number of rotatable bonds is 2. The molecule has 0 atom stereocenters. The zero-order valence-corrected chi connectivity index (χ0v) is 7.32. The van der Waals surface area contributed by atoms with Crippen molar-refractivity contribution in [2.24, 2.45) is 10.9 Å². The Morgan fingerprint density at radius 1 is 1.40 bits per heavy atom. The molecule has 0 saturated heterocycles. The molecular formula is C8H7F3N2O2. The van der Waals surface area contributed by atoms with Crippen molar-refractivity contribution in [3.05, 3.63) is 23.8 Å². The maximum atomic E-state index is 11.8. The average molecular weight is 220 g/mol. The molecule has 0 heterocycles. The van der Waals surface area contributed by atoms with E-state index < -0.39 is 17.9 Å². The SMILES string of the molecule is NN=Cc1ccc(OC(F)(F)F)cc1O. The summed E-state index contributed by atoms with van der Waals surface area (Å²) in [4.78, 5) is 0. The van der Waals surface area contributed by atoms with E-state index >= 15 is 0 Å². The Morgan fingerprint density at radius 3 is 2.53 bits per heavy atom. The van der Waals surface area contributed by atoms with E-state index in [0.717, 1.165) is 18.3 Å². The highest BCUT2D eigenvalue weighted by Crippen LogP contribution is 2.27. The van der Waals surface area contributed by atoms with Crippen molar-refractivity contribution in [1.82, 2.24) is 0 Å². The topological polar surface area (TPSA) is 67.8 Å². The van der Waals surface area contributed by atoms with Crippen LogP contribution in [-0.4, -0.2) is 17.7 Å². The molecule has 0 spiro atoms. The Hall–Kier alpha value is -1.92. The number of phenolic OH excluding ortho intramolecular Hbond substituents is 1. The van der Waals surface area contributed by atoms with Crippen LogP contribution in [0.4, 0.5) is 13.2 Å². The first-order valence-electron chi connectivity index (χ1n) is 3.74. The maximum Gasteiger partial charge on any atom is 0.573 e. The molecule has 0 unspecified atom stereocenters. The Labute approximate surface area is 82.8 Å². The van der Waals surface area contributed by atoms with Crippen LogP contribution in [0.3, 0.4) is 0 Å². The summed E-state index contributed by atoms with van der Waals surface area (Å²) in [6.45, 7) is 0. The molecule has 0 amide bonds. The van der Waals surface area contributed by atoms with E-state index in [4.69, 9.17) is 5.84 Å². The zero-order valence-electron chi connectivity index (χ0n) is 7.32. The fourth-order valence-corrected chi connectivity index (χ4v) is 0.910. The summed E-state index contributed by atoms with van der Waals surface area (Å²) in [6.07, 6.45) is -3.68. The van der Waals surface area contributed by atoms with Crippen LogP contribution in [0.1, 0.15) is 5.56 Å². The van der Waals surface area contributed by atoms with Crippen molar-refractivity contribution >= 4 is 6.21 Å². The van der Waals surface area contributed by atoms with Gasteiger partial charge in [0.25, 0.3) is 0 Å². The summed E-state index contributed by atoms with van der Waals surface area (Å²) < 4.78 is 38.9. The Bertz CT molecular complexity index is 377. The summed E-state index contributed by atoms with van der Waals surface area (Å²) in [7, 11) is 0. The minimum Gasteiger partial charge on any atom is -0.507 e. The molecular weight excluding hydrogens is 213 g/mol. The van der Waals surface area contributed by atoms with Crippen LogP contribution in [0.15, 0.2) is 23.3 Å². The fraction of sp³-hybridized carbons (Fsp3) is 0.125. The number of benzene rings is 1. The van der Waals surface area contributed by atoms with Crippen LogP contribution >= 0.6 is 0 Å². The van der Waals surface area contributed by atoms with Gasteiger partial charge in [0.1, 0.15) is 11.5 Å². The van der Waals surface area contributed by atoms with Crippen molar-refractivity contribution in [3.63, 3.8) is 0 Å². The highest BCUT2D eigenvalue weighted by atomic mass is 19.4. The van der Waals surface area contributed by atoms with E-state index in [-0.39, 0.29) is 5.56 Å². The molecule has 0 aromatic heterocycles. The molecule has 15 heavy (non-hydrogen) atoms. The number of halogens is 3. The molecule has 7 heteroatoms. The van der Waals surface area contributed by atoms with E-state index in [1.165, 1.54) is 6.07 Å². The fourth-order valence-electron chi connectivity index (χ4n) is 0.910.